The number of piperidine rings is 2. The Balaban J connectivity index is 1.55. The zero-order valence-electron chi connectivity index (χ0n) is 17.8. The monoisotopic (exact) mass is 490 g/mol. The summed E-state index contributed by atoms with van der Waals surface area (Å²) in [6.07, 6.45) is -10.1. The van der Waals surface area contributed by atoms with Gasteiger partial charge in [0, 0.05) is 31.8 Å². The molecule has 190 valence electrons. The van der Waals surface area contributed by atoms with Crippen LogP contribution in [-0.4, -0.2) is 74.9 Å². The van der Waals surface area contributed by atoms with Crippen molar-refractivity contribution in [1.82, 2.24) is 21.3 Å². The molecule has 0 radical (unpaired) electrons. The molecule has 4 N–H and O–H groups in total. The first-order chi connectivity index (χ1) is 15.3. The SMILES string of the molecule is C=C(CCNC(=O)C1CCC(OC(F)(F)F)CN1)NC(=O)COC1CCC(C(F)(F)F)NC1. The Hall–Kier alpha value is -1.90. The minimum atomic E-state index is -4.72. The van der Waals surface area contributed by atoms with Crippen LogP contribution in [0.2, 0.25) is 0 Å². The lowest BCUT2D eigenvalue weighted by Crippen LogP contribution is -2.51. The summed E-state index contributed by atoms with van der Waals surface area (Å²) in [7, 11) is 0. The van der Waals surface area contributed by atoms with E-state index in [1.54, 1.807) is 0 Å². The molecule has 0 aromatic rings. The molecule has 0 spiro atoms. The zero-order chi connectivity index (χ0) is 24.6. The molecule has 0 aromatic carbocycles. The van der Waals surface area contributed by atoms with Gasteiger partial charge in [0.15, 0.2) is 0 Å². The molecule has 14 heteroatoms. The van der Waals surface area contributed by atoms with Gasteiger partial charge in [0.05, 0.1) is 18.2 Å². The van der Waals surface area contributed by atoms with Gasteiger partial charge in [0.2, 0.25) is 11.8 Å². The second-order valence-corrected chi connectivity index (χ2v) is 7.93. The minimum Gasteiger partial charge on any atom is -0.367 e. The van der Waals surface area contributed by atoms with Crippen LogP contribution in [0.1, 0.15) is 32.1 Å². The molecule has 2 aliphatic heterocycles. The van der Waals surface area contributed by atoms with Crippen molar-refractivity contribution < 1.29 is 45.4 Å². The molecule has 0 aromatic heterocycles. The van der Waals surface area contributed by atoms with Crippen LogP contribution in [0.15, 0.2) is 12.3 Å². The fourth-order valence-corrected chi connectivity index (χ4v) is 3.54. The third kappa shape index (κ3) is 10.3. The van der Waals surface area contributed by atoms with Crippen molar-refractivity contribution in [2.45, 2.75) is 68.9 Å². The number of nitrogens with one attached hydrogen (secondary N) is 4. The minimum absolute atomic E-state index is 0.0112. The van der Waals surface area contributed by atoms with Gasteiger partial charge in [0.1, 0.15) is 12.6 Å². The Morgan fingerprint density at radius 3 is 2.18 bits per heavy atom. The van der Waals surface area contributed by atoms with Gasteiger partial charge >= 0.3 is 12.5 Å². The highest BCUT2D eigenvalue weighted by molar-refractivity contribution is 5.82. The standard InChI is InChI=1S/C19H28F6N4O4/c1-11(29-16(30)10-32-12-3-5-15(28-8-12)18(20,21)22)6-7-26-17(31)14-4-2-13(9-27-14)33-19(23,24)25/h12-15,27-28H,1-10H2,(H,26,31)(H,29,30). The smallest absolute Gasteiger partial charge is 0.367 e. The summed E-state index contributed by atoms with van der Waals surface area (Å²) in [5.41, 5.74) is 0.304. The number of ether oxygens (including phenoxy) is 2. The number of rotatable bonds is 9. The fraction of sp³-hybridized carbons (Fsp3) is 0.789. The van der Waals surface area contributed by atoms with Gasteiger partial charge in [0.25, 0.3) is 0 Å². The Morgan fingerprint density at radius 1 is 0.970 bits per heavy atom. The van der Waals surface area contributed by atoms with Gasteiger partial charge in [-0.25, -0.2) is 0 Å². The molecule has 4 atom stereocenters. The molecule has 8 nitrogen and oxygen atoms in total. The van der Waals surface area contributed by atoms with E-state index in [0.29, 0.717) is 5.70 Å². The summed E-state index contributed by atoms with van der Waals surface area (Å²) in [6.45, 7) is 3.35. The maximum Gasteiger partial charge on any atom is 0.522 e. The third-order valence-electron chi connectivity index (χ3n) is 5.24. The molecule has 2 saturated heterocycles. The molecule has 0 saturated carbocycles. The fourth-order valence-electron chi connectivity index (χ4n) is 3.54. The van der Waals surface area contributed by atoms with E-state index in [-0.39, 0.29) is 64.3 Å². The predicted molar refractivity (Wildman–Crippen MR) is 104 cm³/mol. The highest BCUT2D eigenvalue weighted by Gasteiger charge is 2.41. The number of hydrogen-bond donors (Lipinski definition) is 4. The molecule has 0 aliphatic carbocycles. The largest absolute Gasteiger partial charge is 0.522 e. The molecule has 2 aliphatic rings. The van der Waals surface area contributed by atoms with Gasteiger partial charge in [-0.05, 0) is 25.7 Å². The first-order valence-electron chi connectivity index (χ1n) is 10.5. The molecule has 2 amide bonds. The van der Waals surface area contributed by atoms with Crippen molar-refractivity contribution in [2.75, 3.05) is 26.2 Å². The maximum absolute atomic E-state index is 12.6. The third-order valence-corrected chi connectivity index (χ3v) is 5.24. The van der Waals surface area contributed by atoms with Gasteiger partial charge < -0.3 is 26.0 Å². The van der Waals surface area contributed by atoms with Crippen LogP contribution in [-0.2, 0) is 19.1 Å². The summed E-state index contributed by atoms with van der Waals surface area (Å²) >= 11 is 0. The maximum atomic E-state index is 12.6. The lowest BCUT2D eigenvalue weighted by molar-refractivity contribution is -0.343. The number of carbonyl (C=O) groups is 2. The highest BCUT2D eigenvalue weighted by Crippen LogP contribution is 2.27. The quantitative estimate of drug-likeness (QED) is 0.366. The first kappa shape index (κ1) is 27.3. The van der Waals surface area contributed by atoms with Gasteiger partial charge in [-0.15, -0.1) is 13.2 Å². The molecule has 2 heterocycles. The normalized spacial score (nSPS) is 26.5. The van der Waals surface area contributed by atoms with Crippen LogP contribution >= 0.6 is 0 Å². The Labute approximate surface area is 186 Å². The van der Waals surface area contributed by atoms with Crippen LogP contribution < -0.4 is 21.3 Å². The van der Waals surface area contributed by atoms with Crippen LogP contribution in [0.3, 0.4) is 0 Å². The summed E-state index contributed by atoms with van der Waals surface area (Å²) in [5.74, 6) is -0.904. The van der Waals surface area contributed by atoms with Gasteiger partial charge in [-0.3, -0.25) is 14.3 Å². The van der Waals surface area contributed by atoms with E-state index in [1.165, 1.54) is 0 Å². The Kier molecular flexibility index (Phi) is 9.94. The van der Waals surface area contributed by atoms with Crippen molar-refractivity contribution in [3.63, 3.8) is 0 Å². The summed E-state index contributed by atoms with van der Waals surface area (Å²) in [4.78, 5) is 24.0. The Bertz CT molecular complexity index is 672. The second kappa shape index (κ2) is 12.0. The van der Waals surface area contributed by atoms with Gasteiger partial charge in [-0.2, -0.15) is 13.2 Å². The lowest BCUT2D eigenvalue weighted by atomic mass is 10.0. The summed E-state index contributed by atoms with van der Waals surface area (Å²) in [5, 5.41) is 10.2. The topological polar surface area (TPSA) is 101 Å². The van der Waals surface area contributed by atoms with Gasteiger partial charge in [-0.1, -0.05) is 6.58 Å². The van der Waals surface area contributed by atoms with Crippen LogP contribution in [0.25, 0.3) is 0 Å². The van der Waals surface area contributed by atoms with E-state index in [0.717, 1.165) is 0 Å². The van der Waals surface area contributed by atoms with Crippen molar-refractivity contribution >= 4 is 11.8 Å². The number of amides is 2. The molecule has 0 bridgehead atoms. The van der Waals surface area contributed by atoms with Crippen molar-refractivity contribution in [3.8, 4) is 0 Å². The van der Waals surface area contributed by atoms with E-state index in [2.05, 4.69) is 32.6 Å². The highest BCUT2D eigenvalue weighted by atomic mass is 19.4. The van der Waals surface area contributed by atoms with Crippen molar-refractivity contribution in [3.05, 3.63) is 12.3 Å². The number of halogens is 6. The molecular weight excluding hydrogens is 462 g/mol. The number of hydrogen-bond acceptors (Lipinski definition) is 6. The van der Waals surface area contributed by atoms with E-state index in [4.69, 9.17) is 4.74 Å². The first-order valence-corrected chi connectivity index (χ1v) is 10.5. The Morgan fingerprint density at radius 2 is 1.64 bits per heavy atom. The number of alkyl halides is 6. The van der Waals surface area contributed by atoms with Crippen molar-refractivity contribution in [1.29, 1.82) is 0 Å². The van der Waals surface area contributed by atoms with E-state index < -0.39 is 42.7 Å². The van der Waals surface area contributed by atoms with Crippen LogP contribution in [0.4, 0.5) is 26.3 Å². The second-order valence-electron chi connectivity index (χ2n) is 7.93. The molecule has 33 heavy (non-hydrogen) atoms. The predicted octanol–water partition coefficient (Wildman–Crippen LogP) is 1.48. The van der Waals surface area contributed by atoms with Crippen LogP contribution in [0.5, 0.6) is 0 Å². The average Bonchev–Trinajstić information content (AvgIpc) is 2.71. The van der Waals surface area contributed by atoms with Crippen molar-refractivity contribution in [2.24, 2.45) is 0 Å². The molecule has 4 unspecified atom stereocenters. The summed E-state index contributed by atoms with van der Waals surface area (Å²) in [6, 6.07) is -2.21. The van der Waals surface area contributed by atoms with Crippen LogP contribution in [0, 0.1) is 0 Å². The molecule has 2 fully saturated rings. The molecule has 2 rings (SSSR count). The van der Waals surface area contributed by atoms with E-state index >= 15 is 0 Å². The lowest BCUT2D eigenvalue weighted by Gasteiger charge is -2.30. The van der Waals surface area contributed by atoms with E-state index in [1.807, 2.05) is 0 Å². The zero-order valence-corrected chi connectivity index (χ0v) is 17.8. The number of carbonyl (C=O) groups excluding carboxylic acids is 2. The molecular formula is C19H28F6N4O4. The summed E-state index contributed by atoms with van der Waals surface area (Å²) < 4.78 is 83.7. The van der Waals surface area contributed by atoms with E-state index in [9.17, 15) is 35.9 Å². The average molecular weight is 490 g/mol.